The molecule has 0 radical (unpaired) electrons. The molecule has 2 nitrogen and oxygen atoms in total. The van der Waals surface area contributed by atoms with E-state index in [-0.39, 0.29) is 11.4 Å². The van der Waals surface area contributed by atoms with Crippen LogP contribution in [0.3, 0.4) is 0 Å². The summed E-state index contributed by atoms with van der Waals surface area (Å²) < 4.78 is 0. The maximum atomic E-state index is 11.0. The zero-order valence-electron chi connectivity index (χ0n) is 9.44. The number of nitrogens with one attached hydrogen (secondary N) is 1. The number of unbranched alkanes of at least 4 members (excludes halogenated alkanes) is 1. The highest BCUT2D eigenvalue weighted by Gasteiger charge is 2.22. The Morgan fingerprint density at radius 1 is 1.23 bits per heavy atom. The Bertz CT molecular complexity index is 156. The van der Waals surface area contributed by atoms with Gasteiger partial charge in [-0.3, -0.25) is 4.79 Å². The van der Waals surface area contributed by atoms with Crippen molar-refractivity contribution in [1.29, 1.82) is 0 Å². The minimum Gasteiger partial charge on any atom is -0.351 e. The van der Waals surface area contributed by atoms with Crippen LogP contribution in [0.5, 0.6) is 0 Å². The van der Waals surface area contributed by atoms with Crippen LogP contribution in [0, 0.1) is 0 Å². The Morgan fingerprint density at radius 2 is 1.85 bits per heavy atom. The van der Waals surface area contributed by atoms with E-state index in [1.165, 1.54) is 12.8 Å². The number of amides is 1. The summed E-state index contributed by atoms with van der Waals surface area (Å²) in [6.07, 6.45) is 5.68. The molecule has 0 aromatic heterocycles. The van der Waals surface area contributed by atoms with Crippen LogP contribution >= 0.6 is 0 Å². The second-order valence-corrected chi connectivity index (χ2v) is 4.10. The molecule has 1 unspecified atom stereocenters. The summed E-state index contributed by atoms with van der Waals surface area (Å²) in [5, 5.41) is 3.05. The lowest BCUT2D eigenvalue weighted by atomic mass is 9.90. The molecule has 78 valence electrons. The van der Waals surface area contributed by atoms with Gasteiger partial charge in [0, 0.05) is 12.5 Å². The lowest BCUT2D eigenvalue weighted by molar-refractivity contribution is -0.120. The topological polar surface area (TPSA) is 29.1 Å². The molecule has 0 saturated heterocycles. The van der Waals surface area contributed by atoms with E-state index >= 15 is 0 Å². The van der Waals surface area contributed by atoms with Crippen LogP contribution in [-0.4, -0.2) is 11.4 Å². The van der Waals surface area contributed by atoms with E-state index in [0.29, 0.717) is 0 Å². The van der Waals surface area contributed by atoms with E-state index in [9.17, 15) is 4.79 Å². The van der Waals surface area contributed by atoms with Crippen molar-refractivity contribution in [3.8, 4) is 0 Å². The number of hydrogen-bond acceptors (Lipinski definition) is 1. The fraction of sp³-hybridized carbons (Fsp3) is 0.909. The molecule has 0 aliphatic carbocycles. The Balaban J connectivity index is 4.06. The quantitative estimate of drug-likeness (QED) is 0.677. The van der Waals surface area contributed by atoms with E-state index < -0.39 is 0 Å². The van der Waals surface area contributed by atoms with E-state index in [2.05, 4.69) is 26.1 Å². The number of carbonyl (C=O) groups is 1. The van der Waals surface area contributed by atoms with Crippen molar-refractivity contribution in [3.05, 3.63) is 0 Å². The molecule has 1 amide bonds. The minimum atomic E-state index is 0.0244. The molecule has 0 aliphatic rings. The molecule has 0 aliphatic heterocycles. The highest BCUT2D eigenvalue weighted by Crippen LogP contribution is 2.19. The van der Waals surface area contributed by atoms with Crippen molar-refractivity contribution in [2.45, 2.75) is 65.3 Å². The van der Waals surface area contributed by atoms with Gasteiger partial charge in [-0.05, 0) is 19.8 Å². The van der Waals surface area contributed by atoms with Gasteiger partial charge in [-0.1, -0.05) is 33.1 Å². The van der Waals surface area contributed by atoms with Crippen LogP contribution < -0.4 is 5.32 Å². The summed E-state index contributed by atoms with van der Waals surface area (Å²) in [5.74, 6) is 0.0899. The number of carbonyl (C=O) groups excluding carboxylic acids is 1. The van der Waals surface area contributed by atoms with Crippen molar-refractivity contribution in [1.82, 2.24) is 5.32 Å². The number of rotatable bonds is 6. The van der Waals surface area contributed by atoms with E-state index in [1.807, 2.05) is 0 Å². The van der Waals surface area contributed by atoms with Crippen molar-refractivity contribution >= 4 is 5.91 Å². The zero-order chi connectivity index (χ0) is 10.3. The van der Waals surface area contributed by atoms with Gasteiger partial charge in [0.2, 0.25) is 5.91 Å². The fourth-order valence-corrected chi connectivity index (χ4v) is 1.79. The lowest BCUT2D eigenvalue weighted by Gasteiger charge is -2.30. The summed E-state index contributed by atoms with van der Waals surface area (Å²) >= 11 is 0. The summed E-state index contributed by atoms with van der Waals surface area (Å²) in [4.78, 5) is 11.0. The Labute approximate surface area is 82.1 Å². The van der Waals surface area contributed by atoms with Crippen molar-refractivity contribution < 1.29 is 4.79 Å². The summed E-state index contributed by atoms with van der Waals surface area (Å²) in [6, 6.07) is 0. The first-order chi connectivity index (χ1) is 6.04. The molecule has 0 aromatic rings. The molecule has 0 bridgehead atoms. The van der Waals surface area contributed by atoms with Gasteiger partial charge >= 0.3 is 0 Å². The largest absolute Gasteiger partial charge is 0.351 e. The SMILES string of the molecule is CCCCC(C)(CCC)NC(C)=O. The highest BCUT2D eigenvalue weighted by atomic mass is 16.1. The third-order valence-corrected chi connectivity index (χ3v) is 2.36. The highest BCUT2D eigenvalue weighted by molar-refractivity contribution is 5.73. The van der Waals surface area contributed by atoms with Crippen LogP contribution in [-0.2, 0) is 4.79 Å². The summed E-state index contributed by atoms with van der Waals surface area (Å²) in [5.41, 5.74) is 0.0244. The summed E-state index contributed by atoms with van der Waals surface area (Å²) in [7, 11) is 0. The average molecular weight is 185 g/mol. The molecule has 0 spiro atoms. The van der Waals surface area contributed by atoms with Crippen molar-refractivity contribution in [2.75, 3.05) is 0 Å². The predicted molar refractivity (Wildman–Crippen MR) is 56.7 cm³/mol. The van der Waals surface area contributed by atoms with Gasteiger partial charge in [-0.25, -0.2) is 0 Å². The standard InChI is InChI=1S/C11H23NO/c1-5-7-9-11(4,8-6-2)12-10(3)13/h5-9H2,1-4H3,(H,12,13). The van der Waals surface area contributed by atoms with Gasteiger partial charge in [0.15, 0.2) is 0 Å². The van der Waals surface area contributed by atoms with E-state index in [0.717, 1.165) is 19.3 Å². The first-order valence-electron chi connectivity index (χ1n) is 5.33. The normalized spacial score (nSPS) is 15.1. The van der Waals surface area contributed by atoms with Gasteiger partial charge in [0.1, 0.15) is 0 Å². The molecule has 1 atom stereocenters. The maximum Gasteiger partial charge on any atom is 0.217 e. The Morgan fingerprint density at radius 3 is 2.23 bits per heavy atom. The van der Waals surface area contributed by atoms with Gasteiger partial charge in [-0.15, -0.1) is 0 Å². The second-order valence-electron chi connectivity index (χ2n) is 4.10. The van der Waals surface area contributed by atoms with Gasteiger partial charge in [0.25, 0.3) is 0 Å². The Hall–Kier alpha value is -0.530. The molecule has 0 aromatic carbocycles. The number of hydrogen-bond donors (Lipinski definition) is 1. The van der Waals surface area contributed by atoms with E-state index in [4.69, 9.17) is 0 Å². The zero-order valence-corrected chi connectivity index (χ0v) is 9.44. The molecule has 0 fully saturated rings. The molecule has 1 N–H and O–H groups in total. The first kappa shape index (κ1) is 12.5. The van der Waals surface area contributed by atoms with Gasteiger partial charge in [-0.2, -0.15) is 0 Å². The molecule has 0 saturated carbocycles. The smallest absolute Gasteiger partial charge is 0.217 e. The predicted octanol–water partition coefficient (Wildman–Crippen LogP) is 2.87. The fourth-order valence-electron chi connectivity index (χ4n) is 1.79. The van der Waals surface area contributed by atoms with Crippen LogP contribution in [0.15, 0.2) is 0 Å². The maximum absolute atomic E-state index is 11.0. The third-order valence-electron chi connectivity index (χ3n) is 2.36. The third kappa shape index (κ3) is 5.67. The molecular formula is C11H23NO. The molecule has 2 heteroatoms. The van der Waals surface area contributed by atoms with Gasteiger partial charge in [0.05, 0.1) is 0 Å². The van der Waals surface area contributed by atoms with Crippen LogP contribution in [0.25, 0.3) is 0 Å². The second kappa shape index (κ2) is 6.01. The van der Waals surface area contributed by atoms with Crippen LogP contribution in [0.2, 0.25) is 0 Å². The van der Waals surface area contributed by atoms with Crippen molar-refractivity contribution in [3.63, 3.8) is 0 Å². The monoisotopic (exact) mass is 185 g/mol. The molecule has 13 heavy (non-hydrogen) atoms. The molecule has 0 rings (SSSR count). The first-order valence-corrected chi connectivity index (χ1v) is 5.33. The summed E-state index contributed by atoms with van der Waals surface area (Å²) in [6.45, 7) is 8.08. The van der Waals surface area contributed by atoms with Crippen LogP contribution in [0.1, 0.15) is 59.8 Å². The average Bonchev–Trinajstić information content (AvgIpc) is 2.00. The van der Waals surface area contributed by atoms with Crippen LogP contribution in [0.4, 0.5) is 0 Å². The minimum absolute atomic E-state index is 0.0244. The lowest BCUT2D eigenvalue weighted by Crippen LogP contribution is -2.44. The van der Waals surface area contributed by atoms with Gasteiger partial charge < -0.3 is 5.32 Å². The molecular weight excluding hydrogens is 162 g/mol. The molecule has 0 heterocycles. The Kier molecular flexibility index (Phi) is 5.76. The van der Waals surface area contributed by atoms with E-state index in [1.54, 1.807) is 6.92 Å². The van der Waals surface area contributed by atoms with Crippen molar-refractivity contribution in [2.24, 2.45) is 0 Å².